The summed E-state index contributed by atoms with van der Waals surface area (Å²) in [5, 5.41) is 3.26. The summed E-state index contributed by atoms with van der Waals surface area (Å²) < 4.78 is 36.6. The number of hydrogen-bond acceptors (Lipinski definition) is 5. The molecule has 0 bridgehead atoms. The van der Waals surface area contributed by atoms with E-state index in [-0.39, 0.29) is 18.9 Å². The zero-order valence-electron chi connectivity index (χ0n) is 16.2. The Kier molecular flexibility index (Phi) is 6.54. The third-order valence-corrected chi connectivity index (χ3v) is 6.03. The Hall–Kier alpha value is -2.45. The fourth-order valence-electron chi connectivity index (χ4n) is 3.12. The Balaban J connectivity index is 1.66. The summed E-state index contributed by atoms with van der Waals surface area (Å²) in [5.41, 5.74) is 1.41. The van der Waals surface area contributed by atoms with Crippen LogP contribution in [0.15, 0.2) is 42.5 Å². The third-order valence-electron chi connectivity index (χ3n) is 4.62. The number of fused-ring (bicyclic) bond motifs is 1. The van der Waals surface area contributed by atoms with E-state index in [2.05, 4.69) is 5.32 Å². The van der Waals surface area contributed by atoms with Gasteiger partial charge in [-0.15, -0.1) is 0 Å². The number of anilines is 1. The predicted molar refractivity (Wildman–Crippen MR) is 112 cm³/mol. The predicted octanol–water partition coefficient (Wildman–Crippen LogP) is 2.62. The van der Waals surface area contributed by atoms with Crippen molar-refractivity contribution < 1.29 is 22.7 Å². The molecule has 1 N–H and O–H groups in total. The van der Waals surface area contributed by atoms with Crippen LogP contribution in [0.5, 0.6) is 11.5 Å². The molecular weight excluding hydrogens is 416 g/mol. The van der Waals surface area contributed by atoms with Gasteiger partial charge in [-0.2, -0.15) is 0 Å². The number of carbonyl (C=O) groups excluding carboxylic acids is 1. The van der Waals surface area contributed by atoms with Gasteiger partial charge >= 0.3 is 0 Å². The smallest absolute Gasteiger partial charge is 0.261 e. The van der Waals surface area contributed by atoms with Gasteiger partial charge in [0.15, 0.2) is 6.10 Å². The van der Waals surface area contributed by atoms with E-state index in [4.69, 9.17) is 21.1 Å². The average Bonchev–Trinajstić information content (AvgIpc) is 2.87. The number of sulfonamides is 1. The number of methoxy groups -OCH3 is 1. The van der Waals surface area contributed by atoms with Gasteiger partial charge in [0.1, 0.15) is 11.5 Å². The van der Waals surface area contributed by atoms with Gasteiger partial charge in [0, 0.05) is 24.5 Å². The van der Waals surface area contributed by atoms with Gasteiger partial charge in [0.05, 0.1) is 19.1 Å². The van der Waals surface area contributed by atoms with E-state index >= 15 is 0 Å². The zero-order chi connectivity index (χ0) is 21.0. The highest BCUT2D eigenvalue weighted by Gasteiger charge is 2.31. The van der Waals surface area contributed by atoms with Crippen LogP contribution in [0.25, 0.3) is 0 Å². The van der Waals surface area contributed by atoms with E-state index in [0.717, 1.165) is 17.6 Å². The molecule has 2 aromatic carbocycles. The fraction of sp³-hybridized carbons (Fsp3) is 0.350. The SMILES string of the molecule is COc1ccc(CCNC(=O)[C@H]2CCN(S(C)(=O)=O)c3cc(Cl)ccc3O2)cc1. The number of halogens is 1. The first-order chi connectivity index (χ1) is 13.8. The standard InChI is InChI=1S/C20H23ClN2O5S/c1-27-16-6-3-14(4-7-16)9-11-22-20(24)19-10-12-23(29(2,25)26)17-13-15(21)5-8-18(17)28-19/h3-8,13,19H,9-12H2,1-2H3,(H,22,24)/t19-/m1/s1. The Morgan fingerprint density at radius 3 is 2.66 bits per heavy atom. The van der Waals surface area contributed by atoms with Gasteiger partial charge in [-0.1, -0.05) is 23.7 Å². The topological polar surface area (TPSA) is 84.9 Å². The third kappa shape index (κ3) is 5.33. The molecular formula is C20H23ClN2O5S. The van der Waals surface area contributed by atoms with Crippen molar-refractivity contribution in [3.63, 3.8) is 0 Å². The number of hydrogen-bond donors (Lipinski definition) is 1. The molecule has 3 rings (SSSR count). The monoisotopic (exact) mass is 438 g/mol. The first-order valence-corrected chi connectivity index (χ1v) is 11.3. The second-order valence-corrected chi connectivity index (χ2v) is 9.07. The van der Waals surface area contributed by atoms with Crippen molar-refractivity contribution in [2.24, 2.45) is 0 Å². The van der Waals surface area contributed by atoms with Crippen LogP contribution in [0, 0.1) is 0 Å². The molecule has 29 heavy (non-hydrogen) atoms. The van der Waals surface area contributed by atoms with E-state index in [9.17, 15) is 13.2 Å². The first-order valence-electron chi connectivity index (χ1n) is 9.12. The Labute approximate surface area is 175 Å². The lowest BCUT2D eigenvalue weighted by molar-refractivity contribution is -0.128. The van der Waals surface area contributed by atoms with Crippen LogP contribution >= 0.6 is 11.6 Å². The quantitative estimate of drug-likeness (QED) is 0.749. The van der Waals surface area contributed by atoms with Crippen LogP contribution in [0.2, 0.25) is 5.02 Å². The molecule has 0 aromatic heterocycles. The van der Waals surface area contributed by atoms with E-state index in [1.807, 2.05) is 24.3 Å². The summed E-state index contributed by atoms with van der Waals surface area (Å²) in [5.74, 6) is 0.807. The molecule has 0 aliphatic carbocycles. The summed E-state index contributed by atoms with van der Waals surface area (Å²) in [4.78, 5) is 12.6. The van der Waals surface area contributed by atoms with Crippen molar-refractivity contribution in [2.75, 3.05) is 30.8 Å². The second kappa shape index (κ2) is 8.92. The maximum Gasteiger partial charge on any atom is 0.261 e. The minimum atomic E-state index is -3.53. The van der Waals surface area contributed by atoms with Crippen LogP contribution in [-0.4, -0.2) is 46.9 Å². The molecule has 1 atom stereocenters. The molecule has 1 aliphatic rings. The molecule has 0 fully saturated rings. The molecule has 1 heterocycles. The number of ether oxygens (including phenoxy) is 2. The Bertz CT molecular complexity index is 979. The van der Waals surface area contributed by atoms with Crippen molar-refractivity contribution in [1.82, 2.24) is 5.32 Å². The Morgan fingerprint density at radius 2 is 2.00 bits per heavy atom. The van der Waals surface area contributed by atoms with Crippen molar-refractivity contribution in [3.8, 4) is 11.5 Å². The number of rotatable bonds is 6. The van der Waals surface area contributed by atoms with Gasteiger partial charge in [-0.3, -0.25) is 9.10 Å². The summed E-state index contributed by atoms with van der Waals surface area (Å²) in [6.45, 7) is 0.566. The molecule has 0 saturated carbocycles. The maximum absolute atomic E-state index is 12.6. The average molecular weight is 439 g/mol. The molecule has 0 radical (unpaired) electrons. The summed E-state index contributed by atoms with van der Waals surface area (Å²) in [6.07, 6.45) is 1.21. The van der Waals surface area contributed by atoms with Gasteiger partial charge in [-0.25, -0.2) is 8.42 Å². The van der Waals surface area contributed by atoms with Crippen molar-refractivity contribution >= 4 is 33.2 Å². The van der Waals surface area contributed by atoms with Gasteiger partial charge in [0.25, 0.3) is 5.91 Å². The minimum Gasteiger partial charge on any atom is -0.497 e. The largest absolute Gasteiger partial charge is 0.497 e. The van der Waals surface area contributed by atoms with Crippen LogP contribution < -0.4 is 19.1 Å². The molecule has 1 aliphatic heterocycles. The van der Waals surface area contributed by atoms with E-state index in [0.29, 0.717) is 29.4 Å². The lowest BCUT2D eigenvalue weighted by Crippen LogP contribution is -2.40. The lowest BCUT2D eigenvalue weighted by Gasteiger charge is -2.21. The lowest BCUT2D eigenvalue weighted by atomic mass is 10.1. The first kappa shape index (κ1) is 21.3. The van der Waals surface area contributed by atoms with Crippen LogP contribution in [-0.2, 0) is 21.2 Å². The summed E-state index contributed by atoms with van der Waals surface area (Å²) in [6, 6.07) is 12.3. The van der Waals surface area contributed by atoms with Gasteiger partial charge < -0.3 is 14.8 Å². The second-order valence-electron chi connectivity index (χ2n) is 6.73. The molecule has 1 amide bonds. The zero-order valence-corrected chi connectivity index (χ0v) is 17.8. The summed E-state index contributed by atoms with van der Waals surface area (Å²) >= 11 is 6.03. The van der Waals surface area contributed by atoms with Crippen LogP contribution in [0.3, 0.4) is 0 Å². The van der Waals surface area contributed by atoms with Crippen LogP contribution in [0.4, 0.5) is 5.69 Å². The van der Waals surface area contributed by atoms with Gasteiger partial charge in [-0.05, 0) is 42.3 Å². The van der Waals surface area contributed by atoms with Crippen LogP contribution in [0.1, 0.15) is 12.0 Å². The molecule has 0 spiro atoms. The molecule has 2 aromatic rings. The van der Waals surface area contributed by atoms with Crippen molar-refractivity contribution in [1.29, 1.82) is 0 Å². The highest BCUT2D eigenvalue weighted by atomic mass is 35.5. The number of nitrogens with zero attached hydrogens (tertiary/aromatic N) is 1. The van der Waals surface area contributed by atoms with E-state index in [1.165, 1.54) is 10.4 Å². The molecule has 156 valence electrons. The van der Waals surface area contributed by atoms with Gasteiger partial charge in [0.2, 0.25) is 10.0 Å². The van der Waals surface area contributed by atoms with Crippen molar-refractivity contribution in [2.45, 2.75) is 18.9 Å². The maximum atomic E-state index is 12.6. The molecule has 0 saturated heterocycles. The highest BCUT2D eigenvalue weighted by molar-refractivity contribution is 7.92. The van der Waals surface area contributed by atoms with E-state index < -0.39 is 16.1 Å². The number of carbonyl (C=O) groups is 1. The summed E-state index contributed by atoms with van der Waals surface area (Å²) in [7, 11) is -1.92. The molecule has 0 unspecified atom stereocenters. The number of amides is 1. The number of nitrogens with one attached hydrogen (secondary N) is 1. The Morgan fingerprint density at radius 1 is 1.28 bits per heavy atom. The minimum absolute atomic E-state index is 0.128. The normalized spacial score (nSPS) is 16.4. The molecule has 9 heteroatoms. The van der Waals surface area contributed by atoms with Crippen molar-refractivity contribution in [3.05, 3.63) is 53.1 Å². The fourth-order valence-corrected chi connectivity index (χ4v) is 4.22. The molecule has 7 nitrogen and oxygen atoms in total. The highest BCUT2D eigenvalue weighted by Crippen LogP contribution is 2.36. The number of benzene rings is 2. The van der Waals surface area contributed by atoms with E-state index in [1.54, 1.807) is 19.2 Å².